The van der Waals surface area contributed by atoms with E-state index in [4.69, 9.17) is 0 Å². The highest BCUT2D eigenvalue weighted by Gasteiger charge is 2.48. The number of hydrogen-bond donors (Lipinski definition) is 3. The number of fused-ring (bicyclic) bond motifs is 1. The molecule has 0 spiro atoms. The highest BCUT2D eigenvalue weighted by atomic mass is 32.1. The Labute approximate surface area is 181 Å². The van der Waals surface area contributed by atoms with E-state index in [1.807, 2.05) is 42.6 Å². The molecule has 5 rings (SSSR count). The molecule has 4 aromatic rings. The van der Waals surface area contributed by atoms with Gasteiger partial charge in [0.1, 0.15) is 17.6 Å². The van der Waals surface area contributed by atoms with Gasteiger partial charge < -0.3 is 15.2 Å². The number of aryl methyl sites for hydroxylation is 1. The highest BCUT2D eigenvalue weighted by Crippen LogP contribution is 2.47. The second kappa shape index (κ2) is 7.14. The number of phenolic OH excluding ortho intramolecular Hbond substituents is 1. The van der Waals surface area contributed by atoms with E-state index in [0.29, 0.717) is 5.56 Å². The first-order valence-electron chi connectivity index (χ1n) is 9.68. The van der Waals surface area contributed by atoms with Crippen LogP contribution in [-0.2, 0) is 9.59 Å². The lowest BCUT2D eigenvalue weighted by atomic mass is 9.98. The number of aromatic nitrogens is 1. The second-order valence-electron chi connectivity index (χ2n) is 7.37. The van der Waals surface area contributed by atoms with Crippen molar-refractivity contribution < 1.29 is 19.8 Å². The quantitative estimate of drug-likeness (QED) is 0.246. The molecule has 154 valence electrons. The standard InChI is InChI=1S/C24H18N2O4S/c1-13-10-11-31-23(13)20-19(21(28)15-12-25-16-7-3-2-6-14(15)16)22(29)24(30)26(20)17-8-4-5-9-18(17)27/h2-12,20,25,27-28H,1H3/b21-19+. The van der Waals surface area contributed by atoms with Crippen LogP contribution in [0.3, 0.4) is 0 Å². The van der Waals surface area contributed by atoms with Crippen molar-refractivity contribution in [2.24, 2.45) is 0 Å². The average Bonchev–Trinajstić information content (AvgIpc) is 3.45. The van der Waals surface area contributed by atoms with Gasteiger partial charge in [-0.1, -0.05) is 30.3 Å². The number of aliphatic hydroxyl groups is 1. The number of rotatable bonds is 3. The molecular weight excluding hydrogens is 412 g/mol. The summed E-state index contributed by atoms with van der Waals surface area (Å²) in [4.78, 5) is 31.5. The molecule has 0 radical (unpaired) electrons. The van der Waals surface area contributed by atoms with Gasteiger partial charge >= 0.3 is 0 Å². The third-order valence-corrected chi connectivity index (χ3v) is 6.65. The average molecular weight is 430 g/mol. The molecule has 6 nitrogen and oxygen atoms in total. The summed E-state index contributed by atoms with van der Waals surface area (Å²) in [6, 6.07) is 14.9. The molecule has 2 aromatic heterocycles. The fourth-order valence-electron chi connectivity index (χ4n) is 4.07. The number of para-hydroxylation sites is 3. The Morgan fingerprint density at radius 2 is 1.81 bits per heavy atom. The summed E-state index contributed by atoms with van der Waals surface area (Å²) < 4.78 is 0. The molecule has 1 aliphatic heterocycles. The maximum Gasteiger partial charge on any atom is 0.300 e. The lowest BCUT2D eigenvalue weighted by Crippen LogP contribution is -2.29. The van der Waals surface area contributed by atoms with E-state index < -0.39 is 17.7 Å². The van der Waals surface area contributed by atoms with Crippen molar-refractivity contribution in [1.29, 1.82) is 0 Å². The van der Waals surface area contributed by atoms with Crippen molar-refractivity contribution >= 4 is 45.4 Å². The van der Waals surface area contributed by atoms with Crippen LogP contribution in [0, 0.1) is 6.92 Å². The Morgan fingerprint density at radius 1 is 1.06 bits per heavy atom. The molecule has 0 aliphatic carbocycles. The third kappa shape index (κ3) is 2.85. The summed E-state index contributed by atoms with van der Waals surface area (Å²) in [5, 5.41) is 24.3. The Morgan fingerprint density at radius 3 is 2.55 bits per heavy atom. The zero-order valence-electron chi connectivity index (χ0n) is 16.5. The minimum atomic E-state index is -0.845. The lowest BCUT2D eigenvalue weighted by molar-refractivity contribution is -0.132. The number of thiophene rings is 1. The first kappa shape index (κ1) is 19.1. The van der Waals surface area contributed by atoms with Gasteiger partial charge in [-0.25, -0.2) is 0 Å². The van der Waals surface area contributed by atoms with Crippen molar-refractivity contribution in [2.75, 3.05) is 4.90 Å². The van der Waals surface area contributed by atoms with Gasteiger partial charge in [0.2, 0.25) is 0 Å². The molecule has 3 heterocycles. The predicted octanol–water partition coefficient (Wildman–Crippen LogP) is 4.87. The van der Waals surface area contributed by atoms with E-state index in [1.165, 1.54) is 22.3 Å². The Hall–Kier alpha value is -3.84. The van der Waals surface area contributed by atoms with E-state index in [-0.39, 0.29) is 22.8 Å². The number of nitrogens with zero attached hydrogens (tertiary/aromatic N) is 1. The van der Waals surface area contributed by atoms with Crippen LogP contribution in [0.2, 0.25) is 0 Å². The maximum atomic E-state index is 13.2. The number of carbonyl (C=O) groups is 2. The van der Waals surface area contributed by atoms with Gasteiger partial charge in [-0.15, -0.1) is 11.3 Å². The van der Waals surface area contributed by atoms with Gasteiger partial charge in [0.15, 0.2) is 0 Å². The number of H-pyrrole nitrogens is 1. The van der Waals surface area contributed by atoms with Crippen molar-refractivity contribution in [3.63, 3.8) is 0 Å². The van der Waals surface area contributed by atoms with Gasteiger partial charge in [-0.3, -0.25) is 14.5 Å². The van der Waals surface area contributed by atoms with E-state index in [0.717, 1.165) is 21.3 Å². The number of aromatic hydroxyl groups is 1. The van der Waals surface area contributed by atoms with E-state index in [9.17, 15) is 19.8 Å². The minimum Gasteiger partial charge on any atom is -0.507 e. The van der Waals surface area contributed by atoms with Crippen LogP contribution in [0.5, 0.6) is 5.75 Å². The molecular formula is C24H18N2O4S. The first-order chi connectivity index (χ1) is 15.0. The predicted molar refractivity (Wildman–Crippen MR) is 120 cm³/mol. The largest absolute Gasteiger partial charge is 0.507 e. The topological polar surface area (TPSA) is 93.6 Å². The number of aliphatic hydroxyl groups excluding tert-OH is 1. The number of anilines is 1. The van der Waals surface area contributed by atoms with E-state index in [2.05, 4.69) is 4.98 Å². The molecule has 31 heavy (non-hydrogen) atoms. The molecule has 2 aromatic carbocycles. The number of phenols is 1. The summed E-state index contributed by atoms with van der Waals surface area (Å²) in [5.41, 5.74) is 2.37. The molecule has 1 fully saturated rings. The van der Waals surface area contributed by atoms with E-state index in [1.54, 1.807) is 24.4 Å². The van der Waals surface area contributed by atoms with Crippen LogP contribution < -0.4 is 4.90 Å². The van der Waals surface area contributed by atoms with Gasteiger partial charge in [0.25, 0.3) is 11.7 Å². The smallest absolute Gasteiger partial charge is 0.300 e. The zero-order valence-corrected chi connectivity index (χ0v) is 17.3. The van der Waals surface area contributed by atoms with Crippen LogP contribution in [-0.4, -0.2) is 26.9 Å². The number of amides is 1. The fourth-order valence-corrected chi connectivity index (χ4v) is 5.10. The molecule has 1 saturated heterocycles. The Bertz CT molecular complexity index is 1380. The van der Waals surface area contributed by atoms with E-state index >= 15 is 0 Å². The number of carbonyl (C=O) groups excluding carboxylic acids is 2. The minimum absolute atomic E-state index is 0.00329. The molecule has 0 saturated carbocycles. The molecule has 3 N–H and O–H groups in total. The van der Waals surface area contributed by atoms with Crippen molar-refractivity contribution in [3.05, 3.63) is 87.8 Å². The number of hydrogen-bond acceptors (Lipinski definition) is 5. The SMILES string of the molecule is Cc1ccsc1C1/C(=C(\O)c2c[nH]c3ccccc23)C(=O)C(=O)N1c1ccccc1O. The molecule has 7 heteroatoms. The second-order valence-corrected chi connectivity index (χ2v) is 8.32. The zero-order chi connectivity index (χ0) is 21.7. The number of benzene rings is 2. The maximum absolute atomic E-state index is 13.2. The first-order valence-corrected chi connectivity index (χ1v) is 10.6. The van der Waals surface area contributed by atoms with Crippen molar-refractivity contribution in [2.45, 2.75) is 13.0 Å². The van der Waals surface area contributed by atoms with Crippen LogP contribution >= 0.6 is 11.3 Å². The molecule has 1 aliphatic rings. The summed E-state index contributed by atoms with van der Waals surface area (Å²) in [6.07, 6.45) is 1.63. The summed E-state index contributed by atoms with van der Waals surface area (Å²) in [6.45, 7) is 1.89. The fraction of sp³-hybridized carbons (Fsp3) is 0.0833. The monoisotopic (exact) mass is 430 g/mol. The van der Waals surface area contributed by atoms with Crippen LogP contribution in [0.15, 0.2) is 71.7 Å². The number of aromatic amines is 1. The van der Waals surface area contributed by atoms with Gasteiger partial charge in [0, 0.05) is 27.5 Å². The summed E-state index contributed by atoms with van der Waals surface area (Å²) >= 11 is 1.40. The molecule has 1 atom stereocenters. The van der Waals surface area contributed by atoms with Crippen molar-refractivity contribution in [1.82, 2.24) is 4.98 Å². The number of nitrogens with one attached hydrogen (secondary N) is 1. The van der Waals surface area contributed by atoms with Crippen LogP contribution in [0.1, 0.15) is 22.0 Å². The van der Waals surface area contributed by atoms with Crippen LogP contribution in [0.25, 0.3) is 16.7 Å². The van der Waals surface area contributed by atoms with Crippen molar-refractivity contribution in [3.8, 4) is 5.75 Å². The number of Topliss-reactive ketones (excluding diaryl/α,β-unsaturated/α-hetero) is 1. The third-order valence-electron chi connectivity index (χ3n) is 5.58. The normalized spacial score (nSPS) is 18.2. The summed E-state index contributed by atoms with van der Waals surface area (Å²) in [7, 11) is 0. The number of ketones is 1. The van der Waals surface area contributed by atoms with Gasteiger partial charge in [-0.2, -0.15) is 0 Å². The molecule has 0 bridgehead atoms. The Balaban J connectivity index is 1.79. The molecule has 1 unspecified atom stereocenters. The Kier molecular flexibility index (Phi) is 4.41. The van der Waals surface area contributed by atoms with Crippen LogP contribution in [0.4, 0.5) is 5.69 Å². The lowest BCUT2D eigenvalue weighted by Gasteiger charge is -2.25. The van der Waals surface area contributed by atoms with Gasteiger partial charge in [0.05, 0.1) is 11.3 Å². The summed E-state index contributed by atoms with van der Waals surface area (Å²) in [5.74, 6) is -1.94. The highest BCUT2D eigenvalue weighted by molar-refractivity contribution is 7.10. The van der Waals surface area contributed by atoms with Gasteiger partial charge in [-0.05, 0) is 42.1 Å². The molecule has 1 amide bonds.